The van der Waals surface area contributed by atoms with Crippen LogP contribution in [0.15, 0.2) is 18.2 Å². The topological polar surface area (TPSA) is 38.9 Å². The highest BCUT2D eigenvalue weighted by molar-refractivity contribution is 6.29. The van der Waals surface area contributed by atoms with Crippen molar-refractivity contribution in [1.82, 2.24) is 4.98 Å². The molecule has 1 fully saturated rings. The summed E-state index contributed by atoms with van der Waals surface area (Å²) in [6, 6.07) is 6.17. The molecule has 2 atom stereocenters. The summed E-state index contributed by atoms with van der Waals surface area (Å²) in [5.74, 6) is 0.512. The Morgan fingerprint density at radius 3 is 2.80 bits per heavy atom. The van der Waals surface area contributed by atoms with Crippen molar-refractivity contribution in [1.29, 1.82) is 0 Å². The average molecular weight is 247 g/mol. The molecule has 84 valence electrons. The number of nitrogens with two attached hydrogens (primary N) is 1. The van der Waals surface area contributed by atoms with Gasteiger partial charge in [0.2, 0.25) is 0 Å². The zero-order chi connectivity index (χ0) is 9.97. The molecular weight excluding hydrogens is 231 g/mol. The van der Waals surface area contributed by atoms with E-state index in [4.69, 9.17) is 17.3 Å². The fourth-order valence-electron chi connectivity index (χ4n) is 2.15. The van der Waals surface area contributed by atoms with E-state index in [9.17, 15) is 0 Å². The molecule has 2 unspecified atom stereocenters. The molecule has 0 amide bonds. The summed E-state index contributed by atoms with van der Waals surface area (Å²) in [7, 11) is 0. The van der Waals surface area contributed by atoms with Crippen LogP contribution in [0.25, 0.3) is 0 Å². The van der Waals surface area contributed by atoms with Gasteiger partial charge in [-0.1, -0.05) is 24.1 Å². The predicted molar refractivity (Wildman–Crippen MR) is 65.7 cm³/mol. The van der Waals surface area contributed by atoms with Gasteiger partial charge in [-0.25, -0.2) is 4.98 Å². The standard InChI is InChI=1S/C11H15ClN2.ClH/c12-11-6-2-5-10(14-11)8-3-1-4-9(13)7-8;/h2,5-6,8-9H,1,3-4,7,13H2;1H. The third-order valence-corrected chi connectivity index (χ3v) is 3.08. The summed E-state index contributed by atoms with van der Waals surface area (Å²) in [4.78, 5) is 4.34. The van der Waals surface area contributed by atoms with Gasteiger partial charge in [-0.2, -0.15) is 0 Å². The van der Waals surface area contributed by atoms with Crippen LogP contribution in [0.2, 0.25) is 5.15 Å². The summed E-state index contributed by atoms with van der Waals surface area (Å²) in [5, 5.41) is 0.585. The van der Waals surface area contributed by atoms with Crippen molar-refractivity contribution in [3.63, 3.8) is 0 Å². The highest BCUT2D eigenvalue weighted by Gasteiger charge is 2.21. The smallest absolute Gasteiger partial charge is 0.129 e. The van der Waals surface area contributed by atoms with E-state index in [1.807, 2.05) is 12.1 Å². The third kappa shape index (κ3) is 3.33. The number of halogens is 2. The van der Waals surface area contributed by atoms with E-state index in [1.165, 1.54) is 12.8 Å². The lowest BCUT2D eigenvalue weighted by Crippen LogP contribution is -2.27. The van der Waals surface area contributed by atoms with Crippen molar-refractivity contribution < 1.29 is 0 Å². The minimum atomic E-state index is 0. The summed E-state index contributed by atoms with van der Waals surface area (Å²) in [6.07, 6.45) is 4.60. The largest absolute Gasteiger partial charge is 0.328 e. The van der Waals surface area contributed by atoms with E-state index in [0.29, 0.717) is 17.1 Å². The van der Waals surface area contributed by atoms with Gasteiger partial charge in [0.05, 0.1) is 0 Å². The molecule has 15 heavy (non-hydrogen) atoms. The van der Waals surface area contributed by atoms with Crippen LogP contribution in [0.4, 0.5) is 0 Å². The van der Waals surface area contributed by atoms with Gasteiger partial charge in [-0.05, 0) is 31.4 Å². The van der Waals surface area contributed by atoms with Gasteiger partial charge >= 0.3 is 0 Å². The number of aromatic nitrogens is 1. The first-order valence-electron chi connectivity index (χ1n) is 5.14. The van der Waals surface area contributed by atoms with E-state index < -0.39 is 0 Å². The maximum Gasteiger partial charge on any atom is 0.129 e. The molecule has 0 spiro atoms. The van der Waals surface area contributed by atoms with Crippen LogP contribution in [0.1, 0.15) is 37.3 Å². The summed E-state index contributed by atoms with van der Waals surface area (Å²) < 4.78 is 0. The quantitative estimate of drug-likeness (QED) is 0.774. The first-order chi connectivity index (χ1) is 6.75. The van der Waals surface area contributed by atoms with Gasteiger partial charge in [0.15, 0.2) is 0 Å². The van der Waals surface area contributed by atoms with Crippen molar-refractivity contribution in [2.75, 3.05) is 0 Å². The Hall–Kier alpha value is -0.310. The molecule has 2 N–H and O–H groups in total. The first-order valence-corrected chi connectivity index (χ1v) is 5.51. The number of pyridine rings is 1. The lowest BCUT2D eigenvalue weighted by atomic mass is 9.84. The monoisotopic (exact) mass is 246 g/mol. The fourth-order valence-corrected chi connectivity index (χ4v) is 2.32. The second-order valence-electron chi connectivity index (χ2n) is 4.01. The molecule has 4 heteroatoms. The molecule has 0 bridgehead atoms. The van der Waals surface area contributed by atoms with E-state index in [2.05, 4.69) is 11.1 Å². The maximum atomic E-state index is 5.94. The van der Waals surface area contributed by atoms with Gasteiger partial charge < -0.3 is 5.73 Å². The number of rotatable bonds is 1. The Labute approximate surface area is 102 Å². The molecule has 1 aliphatic rings. The zero-order valence-electron chi connectivity index (χ0n) is 8.53. The number of hydrogen-bond donors (Lipinski definition) is 1. The third-order valence-electron chi connectivity index (χ3n) is 2.87. The molecule has 1 aromatic heterocycles. The van der Waals surface area contributed by atoms with Gasteiger partial charge in [-0.15, -0.1) is 12.4 Å². The molecule has 2 nitrogen and oxygen atoms in total. The van der Waals surface area contributed by atoms with Crippen LogP contribution in [0.3, 0.4) is 0 Å². The van der Waals surface area contributed by atoms with Gasteiger partial charge in [0.25, 0.3) is 0 Å². The van der Waals surface area contributed by atoms with Crippen LogP contribution in [-0.2, 0) is 0 Å². The second-order valence-corrected chi connectivity index (χ2v) is 4.40. The SMILES string of the molecule is Cl.NC1CCCC(c2cccc(Cl)n2)C1. The fraction of sp³-hybridized carbons (Fsp3) is 0.545. The zero-order valence-corrected chi connectivity index (χ0v) is 10.1. The molecule has 2 rings (SSSR count). The number of hydrogen-bond acceptors (Lipinski definition) is 2. The van der Waals surface area contributed by atoms with Crippen LogP contribution in [-0.4, -0.2) is 11.0 Å². The van der Waals surface area contributed by atoms with Crippen LogP contribution in [0.5, 0.6) is 0 Å². The lowest BCUT2D eigenvalue weighted by Gasteiger charge is -2.26. The molecule has 1 heterocycles. The minimum absolute atomic E-state index is 0. The molecule has 1 saturated carbocycles. The maximum absolute atomic E-state index is 5.94. The van der Waals surface area contributed by atoms with Crippen LogP contribution >= 0.6 is 24.0 Å². The van der Waals surface area contributed by atoms with Crippen LogP contribution < -0.4 is 5.73 Å². The predicted octanol–water partition coefficient (Wildman–Crippen LogP) is 3.14. The summed E-state index contributed by atoms with van der Waals surface area (Å²) >= 11 is 5.86. The molecule has 1 aromatic rings. The van der Waals surface area contributed by atoms with Gasteiger partial charge in [0, 0.05) is 17.7 Å². The van der Waals surface area contributed by atoms with E-state index in [0.717, 1.165) is 18.5 Å². The molecule has 0 aromatic carbocycles. The average Bonchev–Trinajstić information content (AvgIpc) is 2.18. The lowest BCUT2D eigenvalue weighted by molar-refractivity contribution is 0.388. The Morgan fingerprint density at radius 2 is 2.13 bits per heavy atom. The van der Waals surface area contributed by atoms with Crippen molar-refractivity contribution in [3.05, 3.63) is 29.0 Å². The Kier molecular flexibility index (Phi) is 4.84. The first kappa shape index (κ1) is 12.8. The highest BCUT2D eigenvalue weighted by atomic mass is 35.5. The molecule has 0 radical (unpaired) electrons. The number of nitrogens with zero attached hydrogens (tertiary/aromatic N) is 1. The normalized spacial score (nSPS) is 25.7. The molecular formula is C11H16Cl2N2. The van der Waals surface area contributed by atoms with E-state index in [1.54, 1.807) is 0 Å². The highest BCUT2D eigenvalue weighted by Crippen LogP contribution is 2.31. The van der Waals surface area contributed by atoms with Gasteiger partial charge in [-0.3, -0.25) is 0 Å². The second kappa shape index (κ2) is 5.69. The van der Waals surface area contributed by atoms with E-state index >= 15 is 0 Å². The van der Waals surface area contributed by atoms with E-state index in [-0.39, 0.29) is 12.4 Å². The molecule has 0 saturated heterocycles. The summed E-state index contributed by atoms with van der Waals surface area (Å²) in [6.45, 7) is 0. The Morgan fingerprint density at radius 1 is 1.33 bits per heavy atom. The summed E-state index contributed by atoms with van der Waals surface area (Å²) in [5.41, 5.74) is 7.04. The van der Waals surface area contributed by atoms with Crippen molar-refractivity contribution in [3.8, 4) is 0 Å². The minimum Gasteiger partial charge on any atom is -0.328 e. The van der Waals surface area contributed by atoms with Gasteiger partial charge in [0.1, 0.15) is 5.15 Å². The van der Waals surface area contributed by atoms with Crippen LogP contribution in [0, 0.1) is 0 Å². The van der Waals surface area contributed by atoms with Crippen molar-refractivity contribution in [2.45, 2.75) is 37.6 Å². The molecule has 0 aliphatic heterocycles. The van der Waals surface area contributed by atoms with Crippen molar-refractivity contribution in [2.24, 2.45) is 5.73 Å². The molecule has 1 aliphatic carbocycles. The van der Waals surface area contributed by atoms with Crippen molar-refractivity contribution >= 4 is 24.0 Å². The Bertz CT molecular complexity index is 317. The Balaban J connectivity index is 0.00000112.